The van der Waals surface area contributed by atoms with Gasteiger partial charge in [-0.25, -0.2) is 4.98 Å². The van der Waals surface area contributed by atoms with E-state index in [9.17, 15) is 0 Å². The fraction of sp³-hybridized carbons (Fsp3) is 0.667. The zero-order valence-electron chi connectivity index (χ0n) is 11.0. The summed E-state index contributed by atoms with van der Waals surface area (Å²) in [4.78, 5) is 8.37. The van der Waals surface area contributed by atoms with Gasteiger partial charge in [0.1, 0.15) is 6.33 Å². The second kappa shape index (κ2) is 5.48. The lowest BCUT2D eigenvalue weighted by Gasteiger charge is -2.20. The number of nitrogens with one attached hydrogen (secondary N) is 2. The van der Waals surface area contributed by atoms with Crippen molar-refractivity contribution in [1.29, 1.82) is 0 Å². The lowest BCUT2D eigenvalue weighted by molar-refractivity contribution is 0.318. The normalized spacial score (nSPS) is 17.9. The van der Waals surface area contributed by atoms with Gasteiger partial charge in [0.05, 0.1) is 0 Å². The monoisotopic (exact) mass is 262 g/mol. The molecule has 19 heavy (non-hydrogen) atoms. The molecule has 2 aromatic heterocycles. The third kappa shape index (κ3) is 2.65. The molecule has 0 spiro atoms. The van der Waals surface area contributed by atoms with E-state index in [-0.39, 0.29) is 0 Å². The van der Waals surface area contributed by atoms with Crippen molar-refractivity contribution in [3.8, 4) is 11.6 Å². The summed E-state index contributed by atoms with van der Waals surface area (Å²) in [5.41, 5.74) is 0. The van der Waals surface area contributed by atoms with Gasteiger partial charge in [-0.1, -0.05) is 18.0 Å². The van der Waals surface area contributed by atoms with Gasteiger partial charge < -0.3 is 9.84 Å². The first kappa shape index (κ1) is 12.3. The topological polar surface area (TPSA) is 92.5 Å². The molecule has 0 saturated heterocycles. The van der Waals surface area contributed by atoms with Crippen LogP contribution in [0.5, 0.6) is 0 Å². The van der Waals surface area contributed by atoms with Gasteiger partial charge >= 0.3 is 0 Å². The highest BCUT2D eigenvalue weighted by molar-refractivity contribution is 5.39. The Labute approximate surface area is 111 Å². The maximum atomic E-state index is 5.29. The van der Waals surface area contributed by atoms with Crippen LogP contribution in [0.2, 0.25) is 0 Å². The molecule has 0 radical (unpaired) electrons. The molecule has 1 unspecified atom stereocenters. The van der Waals surface area contributed by atoms with Crippen LogP contribution in [0.15, 0.2) is 10.9 Å². The predicted octanol–water partition coefficient (Wildman–Crippen LogP) is 1.18. The molecule has 1 saturated carbocycles. The van der Waals surface area contributed by atoms with Crippen LogP contribution in [0.1, 0.15) is 31.6 Å². The van der Waals surface area contributed by atoms with Crippen molar-refractivity contribution in [3.05, 3.63) is 12.2 Å². The molecular formula is C12H18N6O. The standard InChI is InChI=1S/C12H18N6O/c1-13-9(8-4-2-3-5-8)6-10-16-12(18-19-10)11-14-7-15-17-11/h7-9,13H,2-6H2,1H3,(H,14,15,17). The van der Waals surface area contributed by atoms with Gasteiger partial charge in [0, 0.05) is 12.5 Å². The molecule has 0 amide bonds. The fourth-order valence-corrected chi connectivity index (χ4v) is 2.80. The van der Waals surface area contributed by atoms with Crippen molar-refractivity contribution in [3.63, 3.8) is 0 Å². The maximum absolute atomic E-state index is 5.29. The Morgan fingerprint density at radius 2 is 2.32 bits per heavy atom. The summed E-state index contributed by atoms with van der Waals surface area (Å²) in [6.45, 7) is 0. The molecule has 0 aliphatic heterocycles. The Bertz CT molecular complexity index is 502. The highest BCUT2D eigenvalue weighted by Crippen LogP contribution is 2.29. The van der Waals surface area contributed by atoms with E-state index in [2.05, 4.69) is 30.6 Å². The number of hydrogen-bond donors (Lipinski definition) is 2. The molecule has 0 bridgehead atoms. The quantitative estimate of drug-likeness (QED) is 0.840. The van der Waals surface area contributed by atoms with Gasteiger partial charge in [0.25, 0.3) is 0 Å². The largest absolute Gasteiger partial charge is 0.339 e. The number of aromatic amines is 1. The summed E-state index contributed by atoms with van der Waals surface area (Å²) in [6.07, 6.45) is 7.43. The van der Waals surface area contributed by atoms with Gasteiger partial charge in [-0.15, -0.1) is 0 Å². The van der Waals surface area contributed by atoms with Crippen LogP contribution in [0.3, 0.4) is 0 Å². The summed E-state index contributed by atoms with van der Waals surface area (Å²) < 4.78 is 5.29. The molecule has 2 aromatic rings. The van der Waals surface area contributed by atoms with Crippen molar-refractivity contribution in [1.82, 2.24) is 30.6 Å². The van der Waals surface area contributed by atoms with E-state index in [0.717, 1.165) is 6.42 Å². The maximum Gasteiger partial charge on any atom is 0.239 e. The zero-order valence-corrected chi connectivity index (χ0v) is 11.0. The van der Waals surface area contributed by atoms with Crippen molar-refractivity contribution in [2.24, 2.45) is 5.92 Å². The molecule has 3 rings (SSSR count). The molecule has 7 heteroatoms. The highest BCUT2D eigenvalue weighted by Gasteiger charge is 2.26. The van der Waals surface area contributed by atoms with Crippen LogP contribution in [0, 0.1) is 5.92 Å². The highest BCUT2D eigenvalue weighted by atomic mass is 16.5. The molecule has 7 nitrogen and oxygen atoms in total. The average Bonchev–Trinajstić information content (AvgIpc) is 3.15. The number of likely N-dealkylation sites (N-methyl/N-ethyl adjacent to an activating group) is 1. The minimum atomic E-state index is 0.408. The first-order valence-electron chi connectivity index (χ1n) is 6.72. The van der Waals surface area contributed by atoms with E-state index in [1.165, 1.54) is 32.0 Å². The van der Waals surface area contributed by atoms with Crippen LogP contribution in [0.25, 0.3) is 11.6 Å². The summed E-state index contributed by atoms with van der Waals surface area (Å²) in [6, 6.07) is 0.408. The third-order valence-electron chi connectivity index (χ3n) is 3.83. The van der Waals surface area contributed by atoms with Crippen LogP contribution >= 0.6 is 0 Å². The van der Waals surface area contributed by atoms with Crippen molar-refractivity contribution in [2.45, 2.75) is 38.1 Å². The van der Waals surface area contributed by atoms with Gasteiger partial charge in [0.15, 0.2) is 5.82 Å². The first-order valence-corrected chi connectivity index (χ1v) is 6.72. The van der Waals surface area contributed by atoms with Gasteiger partial charge in [-0.3, -0.25) is 5.10 Å². The minimum absolute atomic E-state index is 0.408. The predicted molar refractivity (Wildman–Crippen MR) is 68.2 cm³/mol. The molecule has 1 fully saturated rings. The van der Waals surface area contributed by atoms with Crippen LogP contribution in [0.4, 0.5) is 0 Å². The lowest BCUT2D eigenvalue weighted by atomic mass is 9.95. The second-order valence-corrected chi connectivity index (χ2v) is 4.99. The lowest BCUT2D eigenvalue weighted by Crippen LogP contribution is -2.34. The van der Waals surface area contributed by atoms with Crippen LogP contribution < -0.4 is 5.32 Å². The molecule has 2 N–H and O–H groups in total. The van der Waals surface area contributed by atoms with Gasteiger partial charge in [0.2, 0.25) is 11.7 Å². The molecule has 1 atom stereocenters. The van der Waals surface area contributed by atoms with Crippen LogP contribution in [-0.4, -0.2) is 38.4 Å². The van der Waals surface area contributed by atoms with E-state index in [1.54, 1.807) is 0 Å². The van der Waals surface area contributed by atoms with E-state index in [0.29, 0.717) is 29.5 Å². The Hall–Kier alpha value is -1.76. The third-order valence-corrected chi connectivity index (χ3v) is 3.83. The van der Waals surface area contributed by atoms with Crippen molar-refractivity contribution in [2.75, 3.05) is 7.05 Å². The van der Waals surface area contributed by atoms with Gasteiger partial charge in [-0.2, -0.15) is 10.1 Å². The Morgan fingerprint density at radius 1 is 1.47 bits per heavy atom. The summed E-state index contributed by atoms with van der Waals surface area (Å²) >= 11 is 0. The molecule has 1 aliphatic rings. The average molecular weight is 262 g/mol. The molecule has 0 aromatic carbocycles. The summed E-state index contributed by atoms with van der Waals surface area (Å²) in [7, 11) is 2.00. The Kier molecular flexibility index (Phi) is 3.54. The number of nitrogens with zero attached hydrogens (tertiary/aromatic N) is 4. The SMILES string of the molecule is CNC(Cc1nc(-c2ncn[nH]2)no1)C1CCCC1. The number of hydrogen-bond acceptors (Lipinski definition) is 6. The smallest absolute Gasteiger partial charge is 0.239 e. The first-order chi connectivity index (χ1) is 9.36. The van der Waals surface area contributed by atoms with E-state index in [4.69, 9.17) is 4.52 Å². The van der Waals surface area contributed by atoms with E-state index in [1.807, 2.05) is 7.05 Å². The summed E-state index contributed by atoms with van der Waals surface area (Å²) in [5, 5.41) is 13.8. The number of rotatable bonds is 5. The fourth-order valence-electron chi connectivity index (χ4n) is 2.80. The number of aromatic nitrogens is 5. The van der Waals surface area contributed by atoms with Crippen molar-refractivity contribution >= 4 is 0 Å². The van der Waals surface area contributed by atoms with Crippen LogP contribution in [-0.2, 0) is 6.42 Å². The zero-order chi connectivity index (χ0) is 13.1. The van der Waals surface area contributed by atoms with E-state index >= 15 is 0 Å². The molecule has 1 aliphatic carbocycles. The van der Waals surface area contributed by atoms with Crippen molar-refractivity contribution < 1.29 is 4.52 Å². The minimum Gasteiger partial charge on any atom is -0.339 e. The molecular weight excluding hydrogens is 244 g/mol. The Morgan fingerprint density at radius 3 is 3.00 bits per heavy atom. The number of H-pyrrole nitrogens is 1. The Balaban J connectivity index is 1.68. The molecule has 102 valence electrons. The summed E-state index contributed by atoms with van der Waals surface area (Å²) in [5.74, 6) is 2.37. The van der Waals surface area contributed by atoms with E-state index < -0.39 is 0 Å². The molecule has 2 heterocycles. The second-order valence-electron chi connectivity index (χ2n) is 4.99. The van der Waals surface area contributed by atoms with Gasteiger partial charge in [-0.05, 0) is 25.8 Å².